The fraction of sp³-hybridized carbons (Fsp3) is 0.467. The number of likely N-dealkylation sites (tertiary alicyclic amines) is 1. The molecule has 0 saturated carbocycles. The van der Waals surface area contributed by atoms with Crippen LogP contribution >= 0.6 is 0 Å². The van der Waals surface area contributed by atoms with Gasteiger partial charge in [0, 0.05) is 44.4 Å². The fourth-order valence-corrected chi connectivity index (χ4v) is 2.48. The molecule has 2 N–H and O–H groups in total. The van der Waals surface area contributed by atoms with Crippen LogP contribution in [0.2, 0.25) is 0 Å². The van der Waals surface area contributed by atoms with Crippen LogP contribution < -0.4 is 10.6 Å². The average molecular weight is 275 g/mol. The lowest BCUT2D eigenvalue weighted by atomic mass is 10.0. The lowest BCUT2D eigenvalue weighted by molar-refractivity contribution is -0.132. The molecule has 1 aliphatic rings. The molecular formula is C15H21N3O2. The van der Waals surface area contributed by atoms with E-state index in [0.717, 1.165) is 11.3 Å². The number of amides is 2. The van der Waals surface area contributed by atoms with E-state index in [2.05, 4.69) is 10.6 Å². The smallest absolute Gasteiger partial charge is 0.251 e. The van der Waals surface area contributed by atoms with Crippen molar-refractivity contribution in [3.8, 4) is 0 Å². The van der Waals surface area contributed by atoms with Crippen molar-refractivity contribution in [2.24, 2.45) is 0 Å². The van der Waals surface area contributed by atoms with Gasteiger partial charge in [0.05, 0.1) is 0 Å². The zero-order valence-electron chi connectivity index (χ0n) is 12.2. The van der Waals surface area contributed by atoms with Crippen molar-refractivity contribution in [2.75, 3.05) is 26.0 Å². The minimum absolute atomic E-state index is 0.0366. The zero-order chi connectivity index (χ0) is 14.7. The maximum Gasteiger partial charge on any atom is 0.251 e. The Kier molecular flexibility index (Phi) is 4.27. The molecule has 2 rings (SSSR count). The Labute approximate surface area is 119 Å². The average Bonchev–Trinajstić information content (AvgIpc) is 2.42. The number of likely N-dealkylation sites (N-methyl/N-ethyl adjacent to an activating group) is 1. The Balaban J connectivity index is 2.01. The van der Waals surface area contributed by atoms with E-state index in [1.165, 1.54) is 0 Å². The predicted molar refractivity (Wildman–Crippen MR) is 78.9 cm³/mol. The third-order valence-electron chi connectivity index (χ3n) is 3.72. The number of hydrogen-bond acceptors (Lipinski definition) is 3. The molecule has 0 aromatic heterocycles. The Morgan fingerprint density at radius 1 is 1.40 bits per heavy atom. The number of hydrogen-bond donors (Lipinski definition) is 2. The first-order valence-electron chi connectivity index (χ1n) is 6.84. The van der Waals surface area contributed by atoms with Gasteiger partial charge in [-0.2, -0.15) is 0 Å². The van der Waals surface area contributed by atoms with Crippen molar-refractivity contribution in [1.82, 2.24) is 10.2 Å². The van der Waals surface area contributed by atoms with E-state index in [9.17, 15) is 9.59 Å². The van der Waals surface area contributed by atoms with Crippen LogP contribution in [-0.4, -0.2) is 43.4 Å². The Morgan fingerprint density at radius 2 is 2.15 bits per heavy atom. The lowest BCUT2D eigenvalue weighted by Gasteiger charge is -2.30. The minimum Gasteiger partial charge on any atom is -0.388 e. The van der Waals surface area contributed by atoms with E-state index in [-0.39, 0.29) is 17.9 Å². The number of nitrogens with one attached hydrogen (secondary N) is 2. The monoisotopic (exact) mass is 275 g/mol. The van der Waals surface area contributed by atoms with Gasteiger partial charge in [-0.3, -0.25) is 9.59 Å². The summed E-state index contributed by atoms with van der Waals surface area (Å²) in [7, 11) is 3.63. The molecule has 1 fully saturated rings. The highest BCUT2D eigenvalue weighted by atomic mass is 16.2. The topological polar surface area (TPSA) is 61.4 Å². The largest absolute Gasteiger partial charge is 0.388 e. The van der Waals surface area contributed by atoms with Crippen molar-refractivity contribution < 1.29 is 9.59 Å². The van der Waals surface area contributed by atoms with Gasteiger partial charge in [-0.25, -0.2) is 0 Å². The minimum atomic E-state index is -0.0801. The van der Waals surface area contributed by atoms with Gasteiger partial charge in [0.1, 0.15) is 0 Å². The lowest BCUT2D eigenvalue weighted by Crippen LogP contribution is -2.48. The summed E-state index contributed by atoms with van der Waals surface area (Å²) in [5, 5.41) is 6.08. The molecule has 5 heteroatoms. The fourth-order valence-electron chi connectivity index (χ4n) is 2.48. The number of carbonyl (C=O) groups excluding carboxylic acids is 2. The maximum atomic E-state index is 12.2. The van der Waals surface area contributed by atoms with E-state index >= 15 is 0 Å². The van der Waals surface area contributed by atoms with Crippen molar-refractivity contribution in [1.29, 1.82) is 0 Å². The number of carbonyl (C=O) groups is 2. The first kappa shape index (κ1) is 14.4. The SMILES string of the molecule is CNc1ccc(C(=O)NC2CCC(=O)N(C)C2)cc1C. The summed E-state index contributed by atoms with van der Waals surface area (Å²) in [6.45, 7) is 2.55. The molecular weight excluding hydrogens is 254 g/mol. The van der Waals surface area contributed by atoms with Gasteiger partial charge in [-0.05, 0) is 37.1 Å². The van der Waals surface area contributed by atoms with Gasteiger partial charge in [-0.1, -0.05) is 0 Å². The molecule has 108 valence electrons. The number of rotatable bonds is 3. The van der Waals surface area contributed by atoms with Gasteiger partial charge in [0.25, 0.3) is 5.91 Å². The summed E-state index contributed by atoms with van der Waals surface area (Å²) >= 11 is 0. The van der Waals surface area contributed by atoms with Gasteiger partial charge < -0.3 is 15.5 Å². The van der Waals surface area contributed by atoms with Crippen LogP contribution in [0.4, 0.5) is 5.69 Å². The Morgan fingerprint density at radius 3 is 2.75 bits per heavy atom. The highest BCUT2D eigenvalue weighted by molar-refractivity contribution is 5.95. The summed E-state index contributed by atoms with van der Waals surface area (Å²) in [5.74, 6) is 0.0632. The molecule has 0 spiro atoms. The van der Waals surface area contributed by atoms with Crippen molar-refractivity contribution >= 4 is 17.5 Å². The second kappa shape index (κ2) is 5.94. The summed E-state index contributed by atoms with van der Waals surface area (Å²) in [6.07, 6.45) is 1.21. The second-order valence-corrected chi connectivity index (χ2v) is 5.26. The van der Waals surface area contributed by atoms with Crippen molar-refractivity contribution in [3.63, 3.8) is 0 Å². The predicted octanol–water partition coefficient (Wildman–Crippen LogP) is 1.39. The number of anilines is 1. The summed E-state index contributed by atoms with van der Waals surface area (Å²) in [4.78, 5) is 25.3. The van der Waals surface area contributed by atoms with Crippen LogP contribution in [0, 0.1) is 6.92 Å². The highest BCUT2D eigenvalue weighted by Crippen LogP contribution is 2.16. The molecule has 0 radical (unpaired) electrons. The van der Waals surface area contributed by atoms with E-state index in [0.29, 0.717) is 24.9 Å². The molecule has 5 nitrogen and oxygen atoms in total. The Hall–Kier alpha value is -2.04. The van der Waals surface area contributed by atoms with Crippen LogP contribution in [0.1, 0.15) is 28.8 Å². The zero-order valence-corrected chi connectivity index (χ0v) is 12.2. The molecule has 1 aromatic rings. The van der Waals surface area contributed by atoms with Crippen LogP contribution in [0.3, 0.4) is 0 Å². The third kappa shape index (κ3) is 3.10. The van der Waals surface area contributed by atoms with Crippen LogP contribution in [0.5, 0.6) is 0 Å². The molecule has 0 aliphatic carbocycles. The molecule has 1 aliphatic heterocycles. The molecule has 1 atom stereocenters. The molecule has 1 saturated heterocycles. The molecule has 0 bridgehead atoms. The van der Waals surface area contributed by atoms with Gasteiger partial charge in [-0.15, -0.1) is 0 Å². The Bertz CT molecular complexity index is 528. The van der Waals surface area contributed by atoms with Gasteiger partial charge in [0.2, 0.25) is 5.91 Å². The van der Waals surface area contributed by atoms with E-state index in [1.807, 2.05) is 32.2 Å². The molecule has 2 amide bonds. The number of aryl methyl sites for hydroxylation is 1. The summed E-state index contributed by atoms with van der Waals surface area (Å²) < 4.78 is 0. The maximum absolute atomic E-state index is 12.2. The van der Waals surface area contributed by atoms with Crippen LogP contribution in [-0.2, 0) is 4.79 Å². The van der Waals surface area contributed by atoms with Crippen molar-refractivity contribution in [2.45, 2.75) is 25.8 Å². The van der Waals surface area contributed by atoms with Gasteiger partial charge >= 0.3 is 0 Å². The number of nitrogens with zero attached hydrogens (tertiary/aromatic N) is 1. The quantitative estimate of drug-likeness (QED) is 0.876. The molecule has 20 heavy (non-hydrogen) atoms. The van der Waals surface area contributed by atoms with Crippen LogP contribution in [0.15, 0.2) is 18.2 Å². The van der Waals surface area contributed by atoms with E-state index in [1.54, 1.807) is 11.9 Å². The first-order chi connectivity index (χ1) is 9.51. The van der Waals surface area contributed by atoms with Crippen LogP contribution in [0.25, 0.3) is 0 Å². The number of piperidine rings is 1. The first-order valence-corrected chi connectivity index (χ1v) is 6.84. The normalized spacial score (nSPS) is 18.9. The van der Waals surface area contributed by atoms with Crippen molar-refractivity contribution in [3.05, 3.63) is 29.3 Å². The summed E-state index contributed by atoms with van der Waals surface area (Å²) in [6, 6.07) is 5.63. The van der Waals surface area contributed by atoms with E-state index < -0.39 is 0 Å². The summed E-state index contributed by atoms with van der Waals surface area (Å²) in [5.41, 5.74) is 2.71. The second-order valence-electron chi connectivity index (χ2n) is 5.26. The molecule has 1 aromatic carbocycles. The highest BCUT2D eigenvalue weighted by Gasteiger charge is 2.24. The number of benzene rings is 1. The molecule has 1 heterocycles. The standard InChI is InChI=1S/C15H21N3O2/c1-10-8-11(4-6-13(10)16-2)15(20)17-12-5-7-14(19)18(3)9-12/h4,6,8,12,16H,5,7,9H2,1-3H3,(H,17,20). The molecule has 1 unspecified atom stereocenters. The van der Waals surface area contributed by atoms with Gasteiger partial charge in [0.15, 0.2) is 0 Å². The van der Waals surface area contributed by atoms with E-state index in [4.69, 9.17) is 0 Å². The third-order valence-corrected chi connectivity index (χ3v) is 3.72.